The number of carbonyl (C=O) groups is 1. The number of aromatic nitrogens is 4. The molecule has 6 nitrogen and oxygen atoms in total. The predicted molar refractivity (Wildman–Crippen MR) is 136 cm³/mol. The van der Waals surface area contributed by atoms with Crippen LogP contribution >= 0.6 is 11.6 Å². The van der Waals surface area contributed by atoms with Crippen LogP contribution in [-0.2, 0) is 23.2 Å². The smallest absolute Gasteiger partial charge is 0.226 e. The lowest BCUT2D eigenvalue weighted by atomic mass is 9.72. The third-order valence-electron chi connectivity index (χ3n) is 6.89. The Kier molecular flexibility index (Phi) is 6.64. The molecule has 1 saturated heterocycles. The average Bonchev–Trinajstić information content (AvgIpc) is 3.36. The maximum Gasteiger partial charge on any atom is 0.226 e. The van der Waals surface area contributed by atoms with E-state index in [1.807, 2.05) is 59.5 Å². The van der Waals surface area contributed by atoms with Crippen molar-refractivity contribution >= 4 is 17.5 Å². The van der Waals surface area contributed by atoms with Gasteiger partial charge in [-0.15, -0.1) is 10.2 Å². The summed E-state index contributed by atoms with van der Waals surface area (Å²) in [5.41, 5.74) is 4.09. The van der Waals surface area contributed by atoms with Crippen molar-refractivity contribution in [2.75, 3.05) is 13.1 Å². The van der Waals surface area contributed by atoms with E-state index in [2.05, 4.69) is 41.5 Å². The number of benzene rings is 3. The molecule has 178 valence electrons. The first kappa shape index (κ1) is 23.2. The first-order valence-electron chi connectivity index (χ1n) is 11.9. The van der Waals surface area contributed by atoms with E-state index < -0.39 is 0 Å². The second-order valence-corrected chi connectivity index (χ2v) is 9.70. The van der Waals surface area contributed by atoms with E-state index in [0.29, 0.717) is 36.9 Å². The summed E-state index contributed by atoms with van der Waals surface area (Å²) < 4.78 is 0. The Bertz CT molecular complexity index is 1280. The minimum absolute atomic E-state index is 0.162. The predicted octanol–water partition coefficient (Wildman–Crippen LogP) is 4.83. The molecule has 5 rings (SSSR count). The first-order valence-corrected chi connectivity index (χ1v) is 12.3. The Morgan fingerprint density at radius 2 is 1.57 bits per heavy atom. The molecule has 0 saturated carbocycles. The molecule has 35 heavy (non-hydrogen) atoms. The molecular formula is C28H28ClN5O. The normalized spacial score (nSPS) is 15.2. The van der Waals surface area contributed by atoms with Gasteiger partial charge in [0, 0.05) is 18.1 Å². The first-order chi connectivity index (χ1) is 17.0. The third kappa shape index (κ3) is 5.13. The Balaban J connectivity index is 1.34. The summed E-state index contributed by atoms with van der Waals surface area (Å²) in [7, 11) is 0. The number of amides is 1. The van der Waals surface area contributed by atoms with Crippen LogP contribution in [0.5, 0.6) is 0 Å². The van der Waals surface area contributed by atoms with Crippen LogP contribution in [0, 0.1) is 6.92 Å². The zero-order valence-electron chi connectivity index (χ0n) is 19.8. The number of carbonyl (C=O) groups excluding carboxylic acids is 1. The lowest BCUT2D eigenvalue weighted by Crippen LogP contribution is -2.46. The maximum absolute atomic E-state index is 13.0. The quantitative estimate of drug-likeness (QED) is 0.392. The van der Waals surface area contributed by atoms with Crippen LogP contribution in [0.4, 0.5) is 0 Å². The molecule has 0 bridgehead atoms. The molecule has 1 aliphatic rings. The molecule has 1 aromatic heterocycles. The summed E-state index contributed by atoms with van der Waals surface area (Å²) in [5, 5.41) is 14.4. The van der Waals surface area contributed by atoms with Gasteiger partial charge < -0.3 is 4.90 Å². The Labute approximate surface area is 210 Å². The average molecular weight is 486 g/mol. The molecule has 0 atom stereocenters. The fraction of sp³-hybridized carbons (Fsp3) is 0.286. The molecule has 4 aromatic rings. The molecule has 3 aromatic carbocycles. The molecule has 1 fully saturated rings. The van der Waals surface area contributed by atoms with Gasteiger partial charge in [-0.3, -0.25) is 4.79 Å². The van der Waals surface area contributed by atoms with Crippen molar-refractivity contribution < 1.29 is 4.79 Å². The molecule has 7 heteroatoms. The van der Waals surface area contributed by atoms with Gasteiger partial charge in [0.15, 0.2) is 5.82 Å². The van der Waals surface area contributed by atoms with E-state index in [-0.39, 0.29) is 11.3 Å². The Morgan fingerprint density at radius 3 is 2.26 bits per heavy atom. The van der Waals surface area contributed by atoms with Crippen LogP contribution in [-0.4, -0.2) is 44.1 Å². The highest BCUT2D eigenvalue weighted by molar-refractivity contribution is 6.30. The summed E-state index contributed by atoms with van der Waals surface area (Å²) in [5.74, 6) is 0.873. The van der Waals surface area contributed by atoms with Crippen molar-refractivity contribution in [3.63, 3.8) is 0 Å². The van der Waals surface area contributed by atoms with Gasteiger partial charge in [0.05, 0.1) is 18.4 Å². The van der Waals surface area contributed by atoms with Crippen molar-refractivity contribution in [1.82, 2.24) is 25.1 Å². The van der Waals surface area contributed by atoms with Gasteiger partial charge in [-0.05, 0) is 53.8 Å². The monoisotopic (exact) mass is 485 g/mol. The molecule has 0 N–H and O–H groups in total. The SMILES string of the molecule is Cc1ccc(CC(=O)N2CCC(c3ccccc3)(c3nnn(Cc4ccc(Cl)cc4)n3)CC2)cc1. The van der Waals surface area contributed by atoms with Crippen molar-refractivity contribution in [1.29, 1.82) is 0 Å². The highest BCUT2D eigenvalue weighted by atomic mass is 35.5. The summed E-state index contributed by atoms with van der Waals surface area (Å²) in [4.78, 5) is 16.6. The zero-order chi connectivity index (χ0) is 24.3. The maximum atomic E-state index is 13.0. The van der Waals surface area contributed by atoms with Crippen LogP contribution in [0.25, 0.3) is 0 Å². The van der Waals surface area contributed by atoms with Crippen molar-refractivity contribution in [3.05, 3.63) is 112 Å². The van der Waals surface area contributed by atoms with Gasteiger partial charge in [-0.25, -0.2) is 0 Å². The van der Waals surface area contributed by atoms with E-state index >= 15 is 0 Å². The van der Waals surface area contributed by atoms with E-state index in [1.54, 1.807) is 4.80 Å². The third-order valence-corrected chi connectivity index (χ3v) is 7.14. The number of likely N-dealkylation sites (tertiary alicyclic amines) is 1. The number of halogens is 1. The molecule has 1 aliphatic heterocycles. The minimum Gasteiger partial charge on any atom is -0.342 e. The van der Waals surface area contributed by atoms with Crippen LogP contribution in [0.1, 0.15) is 40.9 Å². The lowest BCUT2D eigenvalue weighted by molar-refractivity contribution is -0.131. The molecule has 0 radical (unpaired) electrons. The highest BCUT2D eigenvalue weighted by Gasteiger charge is 2.42. The van der Waals surface area contributed by atoms with Gasteiger partial charge in [0.2, 0.25) is 5.91 Å². The van der Waals surface area contributed by atoms with E-state index in [9.17, 15) is 4.79 Å². The van der Waals surface area contributed by atoms with E-state index in [4.69, 9.17) is 16.7 Å². The summed E-state index contributed by atoms with van der Waals surface area (Å²) in [6, 6.07) is 26.2. The van der Waals surface area contributed by atoms with E-state index in [1.165, 1.54) is 5.56 Å². The van der Waals surface area contributed by atoms with E-state index in [0.717, 1.165) is 29.5 Å². The molecule has 2 heterocycles. The molecule has 1 amide bonds. The highest BCUT2D eigenvalue weighted by Crippen LogP contribution is 2.40. The number of tetrazole rings is 1. The number of rotatable bonds is 6. The molecule has 0 spiro atoms. The van der Waals surface area contributed by atoms with Crippen molar-refractivity contribution in [3.8, 4) is 0 Å². The number of hydrogen-bond donors (Lipinski definition) is 0. The van der Waals surface area contributed by atoms with Crippen LogP contribution in [0.2, 0.25) is 5.02 Å². The molecule has 0 aliphatic carbocycles. The van der Waals surface area contributed by atoms with Gasteiger partial charge in [0.25, 0.3) is 0 Å². The molecular weight excluding hydrogens is 458 g/mol. The Morgan fingerprint density at radius 1 is 0.914 bits per heavy atom. The van der Waals surface area contributed by atoms with Gasteiger partial charge in [-0.2, -0.15) is 4.80 Å². The number of piperidine rings is 1. The van der Waals surface area contributed by atoms with Gasteiger partial charge >= 0.3 is 0 Å². The van der Waals surface area contributed by atoms with Crippen molar-refractivity contribution in [2.45, 2.75) is 38.1 Å². The minimum atomic E-state index is -0.375. The van der Waals surface area contributed by atoms with Gasteiger partial charge in [-0.1, -0.05) is 83.9 Å². The van der Waals surface area contributed by atoms with Crippen LogP contribution in [0.3, 0.4) is 0 Å². The summed E-state index contributed by atoms with van der Waals surface area (Å²) in [6.45, 7) is 3.89. The fourth-order valence-corrected chi connectivity index (χ4v) is 4.91. The van der Waals surface area contributed by atoms with Crippen molar-refractivity contribution in [2.24, 2.45) is 0 Å². The summed E-state index contributed by atoms with van der Waals surface area (Å²) >= 11 is 6.01. The lowest BCUT2D eigenvalue weighted by Gasteiger charge is -2.40. The summed E-state index contributed by atoms with van der Waals surface area (Å²) in [6.07, 6.45) is 1.93. The zero-order valence-corrected chi connectivity index (χ0v) is 20.5. The topological polar surface area (TPSA) is 63.9 Å². The number of aryl methyl sites for hydroxylation is 1. The van der Waals surface area contributed by atoms with Crippen LogP contribution < -0.4 is 0 Å². The second-order valence-electron chi connectivity index (χ2n) is 9.26. The molecule has 0 unspecified atom stereocenters. The van der Waals surface area contributed by atoms with Crippen LogP contribution in [0.15, 0.2) is 78.9 Å². The number of hydrogen-bond acceptors (Lipinski definition) is 4. The Hall–Kier alpha value is -3.51. The standard InChI is InChI=1S/C28H28ClN5O/c1-21-7-9-22(10-8-21)19-26(35)33-17-15-28(16-18-33,24-5-3-2-4-6-24)27-30-32-34(31-27)20-23-11-13-25(29)14-12-23/h2-14H,15-20H2,1H3. The largest absolute Gasteiger partial charge is 0.342 e. The van der Waals surface area contributed by atoms with Gasteiger partial charge in [0.1, 0.15) is 0 Å². The fourth-order valence-electron chi connectivity index (χ4n) is 4.78. The second kappa shape index (κ2) is 10.0. The number of nitrogens with zero attached hydrogens (tertiary/aromatic N) is 5.